The number of aryl methyl sites for hydroxylation is 2. The number of hydrogen-bond donors (Lipinski definition) is 2. The van der Waals surface area contributed by atoms with E-state index >= 15 is 0 Å². The minimum absolute atomic E-state index is 0.0406. The molecule has 104 valence electrons. The lowest BCUT2D eigenvalue weighted by Crippen LogP contribution is -2.35. The van der Waals surface area contributed by atoms with Crippen LogP contribution in [0.5, 0.6) is 0 Å². The Morgan fingerprint density at radius 2 is 1.95 bits per heavy atom. The molecule has 0 fully saturated rings. The molecule has 0 spiro atoms. The lowest BCUT2D eigenvalue weighted by Gasteiger charge is -2.31. The molecule has 2 aromatic carbocycles. The van der Waals surface area contributed by atoms with Crippen molar-refractivity contribution in [3.8, 4) is 0 Å². The van der Waals surface area contributed by atoms with Gasteiger partial charge in [0, 0.05) is 6.54 Å². The molecule has 1 aliphatic carbocycles. The minimum atomic E-state index is -0.298. The quantitative estimate of drug-likeness (QED) is 0.895. The van der Waals surface area contributed by atoms with Gasteiger partial charge in [-0.15, -0.1) is 0 Å². The van der Waals surface area contributed by atoms with E-state index in [1.807, 2.05) is 18.2 Å². The highest BCUT2D eigenvalue weighted by Gasteiger charge is 2.27. The average molecular weight is 267 g/mol. The zero-order valence-corrected chi connectivity index (χ0v) is 11.8. The molecular formula is C18H21NO. The first-order chi connectivity index (χ1) is 9.74. The van der Waals surface area contributed by atoms with Crippen LogP contribution in [0.3, 0.4) is 0 Å². The number of benzene rings is 2. The van der Waals surface area contributed by atoms with Crippen molar-refractivity contribution >= 4 is 0 Å². The van der Waals surface area contributed by atoms with E-state index in [2.05, 4.69) is 42.6 Å². The zero-order valence-electron chi connectivity index (χ0n) is 11.8. The summed E-state index contributed by atoms with van der Waals surface area (Å²) >= 11 is 0. The third-order valence-electron chi connectivity index (χ3n) is 4.10. The highest BCUT2D eigenvalue weighted by Crippen LogP contribution is 2.31. The summed E-state index contributed by atoms with van der Waals surface area (Å²) in [5, 5.41) is 13.8. The zero-order chi connectivity index (χ0) is 13.9. The van der Waals surface area contributed by atoms with Gasteiger partial charge in [0.05, 0.1) is 12.1 Å². The third kappa shape index (κ3) is 2.77. The summed E-state index contributed by atoms with van der Waals surface area (Å²) in [5.41, 5.74) is 5.13. The monoisotopic (exact) mass is 267 g/mol. The molecule has 0 aromatic heterocycles. The van der Waals surface area contributed by atoms with Crippen LogP contribution >= 0.6 is 0 Å². The summed E-state index contributed by atoms with van der Waals surface area (Å²) in [6.07, 6.45) is 1.51. The van der Waals surface area contributed by atoms with Crippen molar-refractivity contribution in [1.29, 1.82) is 0 Å². The van der Waals surface area contributed by atoms with Crippen LogP contribution in [0.15, 0.2) is 48.5 Å². The SMILES string of the molecule is Cc1ccc2c(c1)C(NCc1ccccc1)C(O)CC2. The Morgan fingerprint density at radius 3 is 2.75 bits per heavy atom. The molecule has 20 heavy (non-hydrogen) atoms. The van der Waals surface area contributed by atoms with E-state index in [1.165, 1.54) is 22.3 Å². The van der Waals surface area contributed by atoms with Crippen molar-refractivity contribution in [3.63, 3.8) is 0 Å². The molecular weight excluding hydrogens is 246 g/mol. The van der Waals surface area contributed by atoms with Gasteiger partial charge in [0.25, 0.3) is 0 Å². The molecule has 0 saturated heterocycles. The largest absolute Gasteiger partial charge is 0.391 e. The molecule has 2 N–H and O–H groups in total. The normalized spacial score (nSPS) is 21.5. The molecule has 0 saturated carbocycles. The highest BCUT2D eigenvalue weighted by molar-refractivity contribution is 5.37. The second-order valence-corrected chi connectivity index (χ2v) is 5.65. The van der Waals surface area contributed by atoms with Gasteiger partial charge in [-0.2, -0.15) is 0 Å². The molecule has 2 aromatic rings. The molecule has 2 nitrogen and oxygen atoms in total. The van der Waals surface area contributed by atoms with Crippen molar-refractivity contribution < 1.29 is 5.11 Å². The predicted molar refractivity (Wildman–Crippen MR) is 81.5 cm³/mol. The first-order valence-electron chi connectivity index (χ1n) is 7.29. The fraction of sp³-hybridized carbons (Fsp3) is 0.333. The number of aliphatic hydroxyl groups excluding tert-OH is 1. The van der Waals surface area contributed by atoms with Crippen LogP contribution in [-0.4, -0.2) is 11.2 Å². The molecule has 2 atom stereocenters. The van der Waals surface area contributed by atoms with Gasteiger partial charge in [-0.05, 0) is 36.5 Å². The Morgan fingerprint density at radius 1 is 1.15 bits per heavy atom. The molecule has 2 unspecified atom stereocenters. The number of fused-ring (bicyclic) bond motifs is 1. The van der Waals surface area contributed by atoms with Crippen LogP contribution in [0.1, 0.15) is 34.7 Å². The smallest absolute Gasteiger partial charge is 0.0738 e. The summed E-state index contributed by atoms with van der Waals surface area (Å²) in [6.45, 7) is 2.89. The molecule has 0 heterocycles. The van der Waals surface area contributed by atoms with E-state index < -0.39 is 0 Å². The van der Waals surface area contributed by atoms with E-state index in [0.717, 1.165) is 19.4 Å². The predicted octanol–water partition coefficient (Wildman–Crippen LogP) is 3.13. The van der Waals surface area contributed by atoms with E-state index in [-0.39, 0.29) is 12.1 Å². The highest BCUT2D eigenvalue weighted by atomic mass is 16.3. The van der Waals surface area contributed by atoms with Crippen molar-refractivity contribution in [2.75, 3.05) is 0 Å². The molecule has 0 radical (unpaired) electrons. The Hall–Kier alpha value is -1.64. The van der Waals surface area contributed by atoms with E-state index in [4.69, 9.17) is 0 Å². The molecule has 3 rings (SSSR count). The van der Waals surface area contributed by atoms with Crippen LogP contribution in [-0.2, 0) is 13.0 Å². The second-order valence-electron chi connectivity index (χ2n) is 5.65. The van der Waals surface area contributed by atoms with Crippen molar-refractivity contribution in [3.05, 3.63) is 70.8 Å². The lowest BCUT2D eigenvalue weighted by molar-refractivity contribution is 0.110. The van der Waals surface area contributed by atoms with Crippen LogP contribution in [0.4, 0.5) is 0 Å². The molecule has 0 aliphatic heterocycles. The van der Waals surface area contributed by atoms with Gasteiger partial charge in [-0.3, -0.25) is 0 Å². The van der Waals surface area contributed by atoms with Crippen LogP contribution in [0.25, 0.3) is 0 Å². The maximum Gasteiger partial charge on any atom is 0.0738 e. The molecule has 0 bridgehead atoms. The van der Waals surface area contributed by atoms with Crippen LogP contribution < -0.4 is 5.32 Å². The molecule has 2 heteroatoms. The maximum absolute atomic E-state index is 10.3. The Kier molecular flexibility index (Phi) is 3.86. The minimum Gasteiger partial charge on any atom is -0.391 e. The summed E-state index contributed by atoms with van der Waals surface area (Å²) in [5.74, 6) is 0. The van der Waals surface area contributed by atoms with Crippen molar-refractivity contribution in [2.24, 2.45) is 0 Å². The molecule has 0 amide bonds. The van der Waals surface area contributed by atoms with Gasteiger partial charge in [0.1, 0.15) is 0 Å². The third-order valence-corrected chi connectivity index (χ3v) is 4.10. The number of nitrogens with one attached hydrogen (secondary N) is 1. The summed E-state index contributed by atoms with van der Waals surface area (Å²) in [7, 11) is 0. The summed E-state index contributed by atoms with van der Waals surface area (Å²) in [6, 6.07) is 17.0. The fourth-order valence-electron chi connectivity index (χ4n) is 2.98. The first kappa shape index (κ1) is 13.3. The van der Waals surface area contributed by atoms with Crippen LogP contribution in [0.2, 0.25) is 0 Å². The average Bonchev–Trinajstić information content (AvgIpc) is 2.47. The summed E-state index contributed by atoms with van der Waals surface area (Å²) in [4.78, 5) is 0. The van der Waals surface area contributed by atoms with Gasteiger partial charge < -0.3 is 10.4 Å². The second kappa shape index (κ2) is 5.78. The first-order valence-corrected chi connectivity index (χ1v) is 7.29. The fourth-order valence-corrected chi connectivity index (χ4v) is 2.98. The van der Waals surface area contributed by atoms with Crippen molar-refractivity contribution in [2.45, 2.75) is 38.5 Å². The number of aliphatic hydroxyl groups is 1. The van der Waals surface area contributed by atoms with Gasteiger partial charge in [-0.1, -0.05) is 54.1 Å². The topological polar surface area (TPSA) is 32.3 Å². The van der Waals surface area contributed by atoms with E-state index in [1.54, 1.807) is 0 Å². The number of rotatable bonds is 3. The van der Waals surface area contributed by atoms with Crippen LogP contribution in [0, 0.1) is 6.92 Å². The Balaban J connectivity index is 1.80. The lowest BCUT2D eigenvalue weighted by atomic mass is 9.84. The van der Waals surface area contributed by atoms with E-state index in [0.29, 0.717) is 0 Å². The van der Waals surface area contributed by atoms with Gasteiger partial charge >= 0.3 is 0 Å². The van der Waals surface area contributed by atoms with Crippen molar-refractivity contribution in [1.82, 2.24) is 5.32 Å². The summed E-state index contributed by atoms with van der Waals surface area (Å²) < 4.78 is 0. The Bertz CT molecular complexity index is 579. The maximum atomic E-state index is 10.3. The van der Waals surface area contributed by atoms with Gasteiger partial charge in [0.15, 0.2) is 0 Å². The number of hydrogen-bond acceptors (Lipinski definition) is 2. The van der Waals surface area contributed by atoms with E-state index in [9.17, 15) is 5.11 Å². The van der Waals surface area contributed by atoms with Gasteiger partial charge in [0.2, 0.25) is 0 Å². The standard InChI is InChI=1S/C18H21NO/c1-13-7-8-15-9-10-17(20)18(16(15)11-13)19-12-14-5-3-2-4-6-14/h2-8,11,17-20H,9-10,12H2,1H3. The molecule has 1 aliphatic rings. The van der Waals surface area contributed by atoms with Gasteiger partial charge in [-0.25, -0.2) is 0 Å². The Labute approximate surface area is 120 Å².